The number of rotatable bonds is 2. The lowest BCUT2D eigenvalue weighted by molar-refractivity contribution is 0.0937. The summed E-state index contributed by atoms with van der Waals surface area (Å²) < 4.78 is 7.16. The Hall–Kier alpha value is -1.57. The van der Waals surface area contributed by atoms with Crippen molar-refractivity contribution in [2.75, 3.05) is 11.5 Å². The van der Waals surface area contributed by atoms with E-state index < -0.39 is 21.0 Å². The predicted octanol–water partition coefficient (Wildman–Crippen LogP) is 5.12. The zero-order chi connectivity index (χ0) is 19.3. The van der Waals surface area contributed by atoms with Crippen molar-refractivity contribution in [3.05, 3.63) is 58.7 Å². The number of hydrogen-bond donors (Lipinski definition) is 2. The van der Waals surface area contributed by atoms with E-state index in [0.29, 0.717) is 0 Å². The summed E-state index contributed by atoms with van der Waals surface area (Å²) in [6.07, 6.45) is 1.02. The molecule has 0 atom stereocenters. The lowest BCUT2D eigenvalue weighted by atomic mass is 9.82. The summed E-state index contributed by atoms with van der Waals surface area (Å²) in [4.78, 5) is 0. The molecule has 0 unspecified atom stereocenters. The van der Waals surface area contributed by atoms with Gasteiger partial charge in [0.2, 0.25) is 0 Å². The molecule has 140 valence electrons. The SMILES string of the molecule is Cc1cc(C2(c3ccc(N)c(C)c3)CC[Si](C)(C)[Si](C)(C)O2)ccc1N. The molecular formula is C21H32N2OSi2. The Bertz CT molecular complexity index is 794. The van der Waals surface area contributed by atoms with Crippen LogP contribution in [-0.4, -0.2) is 15.4 Å². The van der Waals surface area contributed by atoms with Gasteiger partial charge in [-0.25, -0.2) is 0 Å². The first-order chi connectivity index (χ1) is 12.0. The Morgan fingerprint density at radius 3 is 1.69 bits per heavy atom. The van der Waals surface area contributed by atoms with Gasteiger partial charge in [-0.3, -0.25) is 0 Å². The van der Waals surface area contributed by atoms with Crippen molar-refractivity contribution in [2.24, 2.45) is 0 Å². The summed E-state index contributed by atoms with van der Waals surface area (Å²) in [5, 5.41) is 0. The molecule has 5 heteroatoms. The van der Waals surface area contributed by atoms with Crippen molar-refractivity contribution in [2.45, 2.75) is 58.1 Å². The third-order valence-corrected chi connectivity index (χ3v) is 23.1. The van der Waals surface area contributed by atoms with Crippen molar-refractivity contribution < 1.29 is 4.43 Å². The third kappa shape index (κ3) is 3.02. The van der Waals surface area contributed by atoms with Gasteiger partial charge in [-0.2, -0.15) is 0 Å². The molecule has 1 saturated heterocycles. The van der Waals surface area contributed by atoms with E-state index in [-0.39, 0.29) is 0 Å². The maximum absolute atomic E-state index is 7.16. The summed E-state index contributed by atoms with van der Waals surface area (Å²) in [6.45, 7) is 13.9. The summed E-state index contributed by atoms with van der Waals surface area (Å²) >= 11 is 0. The van der Waals surface area contributed by atoms with E-state index in [1.165, 1.54) is 17.2 Å². The van der Waals surface area contributed by atoms with Gasteiger partial charge in [-0.1, -0.05) is 43.4 Å². The molecule has 3 rings (SSSR count). The lowest BCUT2D eigenvalue weighted by Crippen LogP contribution is -2.64. The molecule has 2 aromatic carbocycles. The van der Waals surface area contributed by atoms with Crippen LogP contribution in [-0.2, 0) is 10.0 Å². The summed E-state index contributed by atoms with van der Waals surface area (Å²) in [5.41, 5.74) is 18.1. The molecule has 0 saturated carbocycles. The van der Waals surface area contributed by atoms with Gasteiger partial charge in [0.15, 0.2) is 7.83 Å². The van der Waals surface area contributed by atoms with Crippen molar-refractivity contribution in [1.29, 1.82) is 0 Å². The van der Waals surface area contributed by atoms with E-state index in [2.05, 4.69) is 64.3 Å². The zero-order valence-electron chi connectivity index (χ0n) is 16.9. The highest BCUT2D eigenvalue weighted by atomic mass is 29.3. The lowest BCUT2D eigenvalue weighted by Gasteiger charge is -2.52. The van der Waals surface area contributed by atoms with Crippen LogP contribution in [0.3, 0.4) is 0 Å². The molecule has 3 nitrogen and oxygen atoms in total. The Balaban J connectivity index is 2.22. The first kappa shape index (κ1) is 19.2. The number of benzene rings is 2. The number of nitrogen functional groups attached to an aromatic ring is 2. The average molecular weight is 385 g/mol. The fourth-order valence-electron chi connectivity index (χ4n) is 3.84. The molecule has 0 amide bonds. The highest BCUT2D eigenvalue weighted by Gasteiger charge is 2.54. The summed E-state index contributed by atoms with van der Waals surface area (Å²) in [6, 6.07) is 14.0. The van der Waals surface area contributed by atoms with Crippen LogP contribution in [0.4, 0.5) is 11.4 Å². The second kappa shape index (κ2) is 6.25. The minimum Gasteiger partial charge on any atom is -0.407 e. The van der Waals surface area contributed by atoms with Gasteiger partial charge < -0.3 is 15.9 Å². The molecule has 1 aliphatic rings. The highest BCUT2D eigenvalue weighted by Crippen LogP contribution is 2.49. The van der Waals surface area contributed by atoms with E-state index >= 15 is 0 Å². The Labute approximate surface area is 159 Å². The summed E-state index contributed by atoms with van der Waals surface area (Å²) in [7, 11) is -3.16. The average Bonchev–Trinajstić information content (AvgIpc) is 2.55. The molecule has 4 N–H and O–H groups in total. The van der Waals surface area contributed by atoms with E-state index in [4.69, 9.17) is 15.9 Å². The first-order valence-corrected chi connectivity index (χ1v) is 16.5. The third-order valence-electron chi connectivity index (χ3n) is 6.63. The Kier molecular flexibility index (Phi) is 4.62. The van der Waals surface area contributed by atoms with Gasteiger partial charge in [-0.15, -0.1) is 0 Å². The van der Waals surface area contributed by atoms with Gasteiger partial charge >= 0.3 is 0 Å². The molecule has 1 heterocycles. The standard InChI is InChI=1S/C21H32N2OSi2/c1-15-13-17(7-9-19(15)22)21(18-8-10-20(23)16(2)14-18)11-12-25(3,4)26(5,6)24-21/h7-10,13-14H,11-12,22-23H2,1-6H3. The van der Waals surface area contributed by atoms with Crippen LogP contribution in [0.1, 0.15) is 28.7 Å². The molecule has 26 heavy (non-hydrogen) atoms. The van der Waals surface area contributed by atoms with Gasteiger partial charge in [-0.05, 0) is 67.7 Å². The molecular weight excluding hydrogens is 352 g/mol. The topological polar surface area (TPSA) is 61.3 Å². The minimum atomic E-state index is -1.80. The van der Waals surface area contributed by atoms with Crippen LogP contribution in [0.2, 0.25) is 32.2 Å². The molecule has 0 aromatic heterocycles. The normalized spacial score (nSPS) is 20.7. The van der Waals surface area contributed by atoms with E-state index in [9.17, 15) is 0 Å². The van der Waals surface area contributed by atoms with Crippen molar-refractivity contribution >= 4 is 26.8 Å². The largest absolute Gasteiger partial charge is 0.407 e. The van der Waals surface area contributed by atoms with Gasteiger partial charge in [0.05, 0.1) is 7.59 Å². The van der Waals surface area contributed by atoms with Gasteiger partial charge in [0, 0.05) is 11.4 Å². The molecule has 1 fully saturated rings. The van der Waals surface area contributed by atoms with Crippen LogP contribution >= 0.6 is 0 Å². The van der Waals surface area contributed by atoms with E-state index in [1.807, 2.05) is 12.1 Å². The van der Waals surface area contributed by atoms with Crippen LogP contribution in [0.5, 0.6) is 0 Å². The number of aryl methyl sites for hydroxylation is 2. The van der Waals surface area contributed by atoms with E-state index in [0.717, 1.165) is 28.9 Å². The van der Waals surface area contributed by atoms with Crippen LogP contribution in [0.25, 0.3) is 0 Å². The van der Waals surface area contributed by atoms with Crippen molar-refractivity contribution in [3.63, 3.8) is 0 Å². The Morgan fingerprint density at radius 1 is 0.846 bits per heavy atom. The summed E-state index contributed by atoms with van der Waals surface area (Å²) in [5.74, 6) is 0. The maximum atomic E-state index is 7.16. The maximum Gasteiger partial charge on any atom is 0.175 e. The van der Waals surface area contributed by atoms with E-state index in [1.54, 1.807) is 0 Å². The number of nitrogens with two attached hydrogens (primary N) is 2. The molecule has 0 aliphatic carbocycles. The van der Waals surface area contributed by atoms with Crippen LogP contribution < -0.4 is 11.5 Å². The first-order valence-electron chi connectivity index (χ1n) is 9.42. The molecule has 0 bridgehead atoms. The highest BCUT2D eigenvalue weighted by molar-refractivity contribution is 7.38. The van der Waals surface area contributed by atoms with Crippen molar-refractivity contribution in [1.82, 2.24) is 0 Å². The molecule has 0 spiro atoms. The quantitative estimate of drug-likeness (QED) is 0.558. The fourth-order valence-corrected chi connectivity index (χ4v) is 10.4. The second-order valence-corrected chi connectivity index (χ2v) is 24.1. The predicted molar refractivity (Wildman–Crippen MR) is 117 cm³/mol. The fraction of sp³-hybridized carbons (Fsp3) is 0.429. The monoisotopic (exact) mass is 384 g/mol. The molecule has 2 aromatic rings. The zero-order valence-corrected chi connectivity index (χ0v) is 18.9. The van der Waals surface area contributed by atoms with Gasteiger partial charge in [0.1, 0.15) is 5.60 Å². The van der Waals surface area contributed by atoms with Crippen LogP contribution in [0, 0.1) is 13.8 Å². The van der Waals surface area contributed by atoms with Gasteiger partial charge in [0.25, 0.3) is 0 Å². The Morgan fingerprint density at radius 2 is 1.31 bits per heavy atom. The smallest absolute Gasteiger partial charge is 0.175 e. The van der Waals surface area contributed by atoms with Crippen LogP contribution in [0.15, 0.2) is 36.4 Å². The molecule has 0 radical (unpaired) electrons. The second-order valence-electron chi connectivity index (χ2n) is 8.97. The minimum absolute atomic E-state index is 0.394. The number of hydrogen-bond acceptors (Lipinski definition) is 3. The number of anilines is 2. The van der Waals surface area contributed by atoms with Crippen molar-refractivity contribution in [3.8, 4) is 0 Å². The molecule has 1 aliphatic heterocycles.